The van der Waals surface area contributed by atoms with Gasteiger partial charge in [-0.15, -0.1) is 0 Å². The van der Waals surface area contributed by atoms with E-state index in [4.69, 9.17) is 14.2 Å². The number of benzene rings is 1. The van der Waals surface area contributed by atoms with Crippen LogP contribution in [0.2, 0.25) is 0 Å². The molecule has 18 heavy (non-hydrogen) atoms. The second-order valence-corrected chi connectivity index (χ2v) is 4.77. The zero-order valence-corrected chi connectivity index (χ0v) is 11.2. The standard InChI is InChI=1S/C14H20O4/c1-16-9-11-10(8-14(15)6-7-14)4-5-12(17-2)13(11)18-3/h4-5,15H,6-9H2,1-3H3. The molecular weight excluding hydrogens is 232 g/mol. The Morgan fingerprint density at radius 2 is 1.89 bits per heavy atom. The summed E-state index contributed by atoms with van der Waals surface area (Å²) in [6.07, 6.45) is 2.38. The van der Waals surface area contributed by atoms with Crippen LogP contribution in [0.25, 0.3) is 0 Å². The SMILES string of the molecule is COCc1c(CC2(O)CC2)ccc(OC)c1OC. The van der Waals surface area contributed by atoms with Crippen molar-refractivity contribution in [1.82, 2.24) is 0 Å². The van der Waals surface area contributed by atoms with Gasteiger partial charge in [-0.2, -0.15) is 0 Å². The van der Waals surface area contributed by atoms with Gasteiger partial charge in [-0.1, -0.05) is 6.07 Å². The maximum Gasteiger partial charge on any atom is 0.166 e. The van der Waals surface area contributed by atoms with Gasteiger partial charge >= 0.3 is 0 Å². The van der Waals surface area contributed by atoms with Gasteiger partial charge in [0.2, 0.25) is 0 Å². The van der Waals surface area contributed by atoms with Crippen molar-refractivity contribution in [3.05, 3.63) is 23.3 Å². The summed E-state index contributed by atoms with van der Waals surface area (Å²) in [5, 5.41) is 10.1. The van der Waals surface area contributed by atoms with E-state index in [9.17, 15) is 5.11 Å². The molecule has 0 bridgehead atoms. The van der Waals surface area contributed by atoms with Gasteiger partial charge in [-0.25, -0.2) is 0 Å². The fraction of sp³-hybridized carbons (Fsp3) is 0.571. The summed E-state index contributed by atoms with van der Waals surface area (Å²) in [4.78, 5) is 0. The van der Waals surface area contributed by atoms with E-state index in [2.05, 4.69) is 0 Å². The monoisotopic (exact) mass is 252 g/mol. The minimum Gasteiger partial charge on any atom is -0.493 e. The van der Waals surface area contributed by atoms with Crippen LogP contribution in [0.1, 0.15) is 24.0 Å². The van der Waals surface area contributed by atoms with Crippen LogP contribution in [-0.2, 0) is 17.8 Å². The fourth-order valence-electron chi connectivity index (χ4n) is 2.18. The van der Waals surface area contributed by atoms with Crippen molar-refractivity contribution in [2.24, 2.45) is 0 Å². The van der Waals surface area contributed by atoms with Gasteiger partial charge in [-0.3, -0.25) is 0 Å². The lowest BCUT2D eigenvalue weighted by Gasteiger charge is -2.18. The summed E-state index contributed by atoms with van der Waals surface area (Å²) in [7, 11) is 4.88. The van der Waals surface area contributed by atoms with Crippen LogP contribution in [0.15, 0.2) is 12.1 Å². The first-order valence-electron chi connectivity index (χ1n) is 6.07. The molecule has 0 aliphatic heterocycles. The van der Waals surface area contributed by atoms with E-state index in [0.29, 0.717) is 24.5 Å². The Balaban J connectivity index is 2.37. The minimum absolute atomic E-state index is 0.450. The van der Waals surface area contributed by atoms with E-state index < -0.39 is 5.60 Å². The Hall–Kier alpha value is -1.26. The number of rotatable bonds is 6. The third-order valence-corrected chi connectivity index (χ3v) is 3.38. The molecule has 1 aliphatic rings. The summed E-state index contributed by atoms with van der Waals surface area (Å²) < 4.78 is 15.9. The van der Waals surface area contributed by atoms with Crippen LogP contribution in [0, 0.1) is 0 Å². The van der Waals surface area contributed by atoms with Crippen molar-refractivity contribution in [3.63, 3.8) is 0 Å². The molecule has 0 heterocycles. The molecule has 1 saturated carbocycles. The van der Waals surface area contributed by atoms with Crippen LogP contribution in [0.5, 0.6) is 11.5 Å². The molecule has 0 radical (unpaired) electrons. The highest BCUT2D eigenvalue weighted by molar-refractivity contribution is 5.51. The van der Waals surface area contributed by atoms with Crippen molar-refractivity contribution < 1.29 is 19.3 Å². The predicted octanol–water partition coefficient (Wildman–Crippen LogP) is 1.92. The Bertz CT molecular complexity index is 424. The summed E-state index contributed by atoms with van der Waals surface area (Å²) in [5.74, 6) is 1.39. The molecule has 0 aromatic heterocycles. The molecule has 1 aliphatic carbocycles. The van der Waals surface area contributed by atoms with Crippen LogP contribution in [-0.4, -0.2) is 32.0 Å². The highest BCUT2D eigenvalue weighted by atomic mass is 16.5. The minimum atomic E-state index is -0.526. The van der Waals surface area contributed by atoms with Crippen LogP contribution in [0.4, 0.5) is 0 Å². The van der Waals surface area contributed by atoms with E-state index in [-0.39, 0.29) is 0 Å². The molecule has 0 amide bonds. The van der Waals surface area contributed by atoms with Crippen molar-refractivity contribution in [3.8, 4) is 11.5 Å². The van der Waals surface area contributed by atoms with Crippen molar-refractivity contribution in [2.75, 3.05) is 21.3 Å². The first kappa shape index (κ1) is 13.2. The molecule has 1 fully saturated rings. The molecule has 1 aromatic carbocycles. The number of ether oxygens (including phenoxy) is 3. The Labute approximate surface area is 107 Å². The average molecular weight is 252 g/mol. The van der Waals surface area contributed by atoms with Crippen molar-refractivity contribution in [1.29, 1.82) is 0 Å². The van der Waals surface area contributed by atoms with Gasteiger partial charge in [0, 0.05) is 19.1 Å². The van der Waals surface area contributed by atoms with E-state index in [0.717, 1.165) is 24.0 Å². The zero-order valence-electron chi connectivity index (χ0n) is 11.2. The number of methoxy groups -OCH3 is 3. The molecule has 0 unspecified atom stereocenters. The topological polar surface area (TPSA) is 47.9 Å². The molecule has 2 rings (SSSR count). The maximum absolute atomic E-state index is 10.1. The van der Waals surface area contributed by atoms with Crippen molar-refractivity contribution >= 4 is 0 Å². The van der Waals surface area contributed by atoms with E-state index in [1.165, 1.54) is 0 Å². The van der Waals surface area contributed by atoms with E-state index in [1.54, 1.807) is 21.3 Å². The lowest BCUT2D eigenvalue weighted by Crippen LogP contribution is -2.13. The lowest BCUT2D eigenvalue weighted by atomic mass is 9.99. The Kier molecular flexibility index (Phi) is 3.78. The molecule has 1 N–H and O–H groups in total. The third kappa shape index (κ3) is 2.60. The molecule has 0 saturated heterocycles. The molecule has 4 heteroatoms. The normalized spacial score (nSPS) is 16.4. The molecule has 0 atom stereocenters. The van der Waals surface area contributed by atoms with Gasteiger partial charge in [-0.05, 0) is 24.5 Å². The predicted molar refractivity (Wildman–Crippen MR) is 68.1 cm³/mol. The third-order valence-electron chi connectivity index (χ3n) is 3.38. The highest BCUT2D eigenvalue weighted by Crippen LogP contribution is 2.42. The second-order valence-electron chi connectivity index (χ2n) is 4.77. The summed E-state index contributed by atoms with van der Waals surface area (Å²) in [6, 6.07) is 3.85. The van der Waals surface area contributed by atoms with E-state index >= 15 is 0 Å². The quantitative estimate of drug-likeness (QED) is 0.840. The maximum atomic E-state index is 10.1. The first-order valence-corrected chi connectivity index (χ1v) is 6.07. The molecule has 1 aromatic rings. The number of hydrogen-bond donors (Lipinski definition) is 1. The van der Waals surface area contributed by atoms with Crippen molar-refractivity contribution in [2.45, 2.75) is 31.5 Å². The second kappa shape index (κ2) is 5.16. The van der Waals surface area contributed by atoms with E-state index in [1.807, 2.05) is 12.1 Å². The van der Waals surface area contributed by atoms with Gasteiger partial charge < -0.3 is 19.3 Å². The molecule has 100 valence electrons. The molecular formula is C14H20O4. The lowest BCUT2D eigenvalue weighted by molar-refractivity contribution is 0.147. The van der Waals surface area contributed by atoms with Gasteiger partial charge in [0.1, 0.15) is 0 Å². The van der Waals surface area contributed by atoms with Crippen LogP contribution in [0.3, 0.4) is 0 Å². The summed E-state index contributed by atoms with van der Waals surface area (Å²) in [6.45, 7) is 0.450. The smallest absolute Gasteiger partial charge is 0.166 e. The zero-order chi connectivity index (χ0) is 13.2. The van der Waals surface area contributed by atoms with Gasteiger partial charge in [0.05, 0.1) is 26.4 Å². The highest BCUT2D eigenvalue weighted by Gasteiger charge is 2.40. The molecule has 4 nitrogen and oxygen atoms in total. The Morgan fingerprint density at radius 1 is 1.17 bits per heavy atom. The Morgan fingerprint density at radius 3 is 2.39 bits per heavy atom. The van der Waals surface area contributed by atoms with Gasteiger partial charge in [0.15, 0.2) is 11.5 Å². The summed E-state index contributed by atoms with van der Waals surface area (Å²) >= 11 is 0. The molecule has 0 spiro atoms. The first-order chi connectivity index (χ1) is 8.63. The average Bonchev–Trinajstić information content (AvgIpc) is 3.09. The van der Waals surface area contributed by atoms with Crippen LogP contribution < -0.4 is 9.47 Å². The fourth-order valence-corrected chi connectivity index (χ4v) is 2.18. The largest absolute Gasteiger partial charge is 0.493 e. The number of hydrogen-bond acceptors (Lipinski definition) is 4. The van der Waals surface area contributed by atoms with Crippen LogP contribution >= 0.6 is 0 Å². The number of aliphatic hydroxyl groups is 1. The summed E-state index contributed by atoms with van der Waals surface area (Å²) in [5.41, 5.74) is 1.50. The van der Waals surface area contributed by atoms with Gasteiger partial charge in [0.25, 0.3) is 0 Å².